The molecule has 1 fully saturated rings. The highest BCUT2D eigenvalue weighted by Gasteiger charge is 2.30. The molecular formula is C17H22FNO2. The van der Waals surface area contributed by atoms with E-state index in [1.54, 1.807) is 6.07 Å². The molecule has 1 aliphatic rings. The highest BCUT2D eigenvalue weighted by Crippen LogP contribution is 2.34. The van der Waals surface area contributed by atoms with Gasteiger partial charge in [-0.1, -0.05) is 19.9 Å². The summed E-state index contributed by atoms with van der Waals surface area (Å²) >= 11 is 0. The summed E-state index contributed by atoms with van der Waals surface area (Å²) in [5.41, 5.74) is 1.13. The zero-order valence-electron chi connectivity index (χ0n) is 12.7. The Bertz CT molecular complexity index is 556. The van der Waals surface area contributed by atoms with E-state index in [2.05, 4.69) is 25.7 Å². The number of hydrogen-bond donors (Lipinski definition) is 1. The summed E-state index contributed by atoms with van der Waals surface area (Å²) in [6.07, 6.45) is 3.50. The minimum absolute atomic E-state index is 0.306. The van der Waals surface area contributed by atoms with E-state index >= 15 is 0 Å². The molecule has 3 unspecified atom stereocenters. The van der Waals surface area contributed by atoms with E-state index < -0.39 is 5.97 Å². The standard InChI is InChI=1S/C17H22FNO2/c1-11-9-12(2)13(3)19(10-11)16-6-4-5-15(18)14(16)7-8-17(20)21/h4-8,11-13H,9-10H2,1-3H3,(H,20,21)/b8-7+. The zero-order chi connectivity index (χ0) is 15.6. The number of halogens is 1. The Hall–Kier alpha value is -1.84. The van der Waals surface area contributed by atoms with E-state index in [4.69, 9.17) is 5.11 Å². The number of nitrogens with zero attached hydrogens (tertiary/aromatic N) is 1. The fourth-order valence-corrected chi connectivity index (χ4v) is 3.13. The summed E-state index contributed by atoms with van der Waals surface area (Å²) in [5, 5.41) is 8.78. The molecular weight excluding hydrogens is 269 g/mol. The van der Waals surface area contributed by atoms with E-state index in [0.717, 1.165) is 24.7 Å². The number of piperidine rings is 1. The van der Waals surface area contributed by atoms with Crippen molar-refractivity contribution in [1.82, 2.24) is 0 Å². The maximum Gasteiger partial charge on any atom is 0.328 e. The summed E-state index contributed by atoms with van der Waals surface area (Å²) in [4.78, 5) is 12.9. The highest BCUT2D eigenvalue weighted by atomic mass is 19.1. The summed E-state index contributed by atoms with van der Waals surface area (Å²) in [6, 6.07) is 5.22. The Balaban J connectivity index is 2.43. The normalized spacial score (nSPS) is 26.3. The molecule has 1 N–H and O–H groups in total. The Labute approximate surface area is 125 Å². The van der Waals surface area contributed by atoms with Crippen molar-refractivity contribution in [1.29, 1.82) is 0 Å². The number of carboxylic acids is 1. The van der Waals surface area contributed by atoms with Crippen molar-refractivity contribution >= 4 is 17.7 Å². The fraction of sp³-hybridized carbons (Fsp3) is 0.471. The van der Waals surface area contributed by atoms with Crippen molar-refractivity contribution in [2.75, 3.05) is 11.4 Å². The van der Waals surface area contributed by atoms with Crippen molar-refractivity contribution in [2.45, 2.75) is 33.2 Å². The van der Waals surface area contributed by atoms with Crippen LogP contribution in [0.1, 0.15) is 32.8 Å². The molecule has 3 nitrogen and oxygen atoms in total. The van der Waals surface area contributed by atoms with Crippen LogP contribution in [0.3, 0.4) is 0 Å². The molecule has 0 spiro atoms. The first-order valence-electron chi connectivity index (χ1n) is 7.36. The van der Waals surface area contributed by atoms with Crippen molar-refractivity contribution in [2.24, 2.45) is 11.8 Å². The molecule has 1 heterocycles. The molecule has 1 saturated heterocycles. The number of carboxylic acid groups (broad SMARTS) is 1. The SMILES string of the molecule is CC1CC(C)C(C)N(c2cccc(F)c2/C=C/C(=O)O)C1. The maximum absolute atomic E-state index is 14.1. The average Bonchev–Trinajstić information content (AvgIpc) is 2.41. The molecule has 21 heavy (non-hydrogen) atoms. The van der Waals surface area contributed by atoms with Crippen LogP contribution < -0.4 is 4.90 Å². The number of anilines is 1. The van der Waals surface area contributed by atoms with Gasteiger partial charge in [0.2, 0.25) is 0 Å². The summed E-state index contributed by atoms with van der Waals surface area (Å²) in [6.45, 7) is 7.41. The second-order valence-corrected chi connectivity index (χ2v) is 6.06. The molecule has 0 aromatic heterocycles. The van der Waals surface area contributed by atoms with Gasteiger partial charge in [-0.05, 0) is 43.4 Å². The molecule has 0 radical (unpaired) electrons. The van der Waals surface area contributed by atoms with Crippen molar-refractivity contribution < 1.29 is 14.3 Å². The molecule has 1 aromatic rings. The van der Waals surface area contributed by atoms with Crippen LogP contribution in [0.15, 0.2) is 24.3 Å². The Morgan fingerprint density at radius 3 is 2.76 bits per heavy atom. The van der Waals surface area contributed by atoms with E-state index in [-0.39, 0.29) is 5.82 Å². The third kappa shape index (κ3) is 3.43. The van der Waals surface area contributed by atoms with Crippen LogP contribution in [0.4, 0.5) is 10.1 Å². The molecule has 0 aliphatic carbocycles. The number of hydrogen-bond acceptors (Lipinski definition) is 2. The predicted octanol–water partition coefficient (Wildman–Crippen LogP) is 3.79. The van der Waals surface area contributed by atoms with Crippen LogP contribution in [-0.2, 0) is 4.79 Å². The monoisotopic (exact) mass is 291 g/mol. The average molecular weight is 291 g/mol. The Morgan fingerprint density at radius 2 is 2.10 bits per heavy atom. The van der Waals surface area contributed by atoms with Crippen LogP contribution in [0.25, 0.3) is 6.08 Å². The van der Waals surface area contributed by atoms with Crippen molar-refractivity contribution in [3.8, 4) is 0 Å². The van der Waals surface area contributed by atoms with Gasteiger partial charge in [0.15, 0.2) is 0 Å². The smallest absolute Gasteiger partial charge is 0.328 e. The van der Waals surface area contributed by atoms with E-state index in [1.165, 1.54) is 12.1 Å². The molecule has 0 bridgehead atoms. The van der Waals surface area contributed by atoms with Crippen LogP contribution in [-0.4, -0.2) is 23.7 Å². The van der Waals surface area contributed by atoms with Crippen LogP contribution >= 0.6 is 0 Å². The lowest BCUT2D eigenvalue weighted by atomic mass is 9.85. The van der Waals surface area contributed by atoms with E-state index in [0.29, 0.717) is 23.4 Å². The molecule has 0 saturated carbocycles. The lowest BCUT2D eigenvalue weighted by molar-refractivity contribution is -0.131. The van der Waals surface area contributed by atoms with Crippen LogP contribution in [0.5, 0.6) is 0 Å². The van der Waals surface area contributed by atoms with Crippen LogP contribution in [0, 0.1) is 17.7 Å². The number of benzene rings is 1. The Kier molecular flexibility index (Phi) is 4.66. The Morgan fingerprint density at radius 1 is 1.38 bits per heavy atom. The molecule has 1 aromatic carbocycles. The summed E-state index contributed by atoms with van der Waals surface area (Å²) in [5.74, 6) is -0.398. The molecule has 4 heteroatoms. The third-order valence-electron chi connectivity index (χ3n) is 4.33. The van der Waals surface area contributed by atoms with Gasteiger partial charge in [0.25, 0.3) is 0 Å². The van der Waals surface area contributed by atoms with E-state index in [1.807, 2.05) is 6.07 Å². The molecule has 0 amide bonds. The van der Waals surface area contributed by atoms with Gasteiger partial charge in [-0.3, -0.25) is 0 Å². The minimum Gasteiger partial charge on any atom is -0.478 e. The lowest BCUT2D eigenvalue weighted by Crippen LogP contribution is -2.46. The fourth-order valence-electron chi connectivity index (χ4n) is 3.13. The quantitative estimate of drug-likeness (QED) is 0.861. The number of aliphatic carboxylic acids is 1. The number of carbonyl (C=O) groups is 1. The second kappa shape index (κ2) is 6.29. The number of rotatable bonds is 3. The van der Waals surface area contributed by atoms with Crippen LogP contribution in [0.2, 0.25) is 0 Å². The molecule has 1 aliphatic heterocycles. The van der Waals surface area contributed by atoms with Gasteiger partial charge in [-0.2, -0.15) is 0 Å². The first-order valence-corrected chi connectivity index (χ1v) is 7.36. The van der Waals surface area contributed by atoms with Crippen molar-refractivity contribution in [3.63, 3.8) is 0 Å². The first kappa shape index (κ1) is 15.5. The molecule has 3 atom stereocenters. The van der Waals surface area contributed by atoms with Crippen molar-refractivity contribution in [3.05, 3.63) is 35.7 Å². The first-order chi connectivity index (χ1) is 9.90. The predicted molar refractivity (Wildman–Crippen MR) is 82.8 cm³/mol. The van der Waals surface area contributed by atoms with Gasteiger partial charge in [0, 0.05) is 29.9 Å². The third-order valence-corrected chi connectivity index (χ3v) is 4.33. The van der Waals surface area contributed by atoms with Gasteiger partial charge in [-0.25, -0.2) is 9.18 Å². The van der Waals surface area contributed by atoms with Gasteiger partial charge in [0.05, 0.1) is 0 Å². The van der Waals surface area contributed by atoms with Gasteiger partial charge in [-0.15, -0.1) is 0 Å². The largest absolute Gasteiger partial charge is 0.478 e. The molecule has 114 valence electrons. The van der Waals surface area contributed by atoms with Gasteiger partial charge in [0.1, 0.15) is 5.82 Å². The topological polar surface area (TPSA) is 40.5 Å². The van der Waals surface area contributed by atoms with Gasteiger partial charge < -0.3 is 10.0 Å². The molecule has 2 rings (SSSR count). The summed E-state index contributed by atoms with van der Waals surface area (Å²) in [7, 11) is 0. The highest BCUT2D eigenvalue weighted by molar-refractivity contribution is 5.87. The second-order valence-electron chi connectivity index (χ2n) is 6.06. The zero-order valence-corrected chi connectivity index (χ0v) is 12.7. The minimum atomic E-state index is -1.07. The van der Waals surface area contributed by atoms with Gasteiger partial charge >= 0.3 is 5.97 Å². The lowest BCUT2D eigenvalue weighted by Gasteiger charge is -2.43. The van der Waals surface area contributed by atoms with E-state index in [9.17, 15) is 9.18 Å². The maximum atomic E-state index is 14.1. The summed E-state index contributed by atoms with van der Waals surface area (Å²) < 4.78 is 14.1.